The molecular formula is C11H17IN2O4. The van der Waals surface area contributed by atoms with Gasteiger partial charge in [-0.05, 0) is 22.6 Å². The van der Waals surface area contributed by atoms with Crippen LogP contribution < -0.4 is 4.74 Å². The van der Waals surface area contributed by atoms with Gasteiger partial charge in [-0.1, -0.05) is 0 Å². The summed E-state index contributed by atoms with van der Waals surface area (Å²) in [7, 11) is 1.64. The number of methoxy groups -OCH3 is 1. The van der Waals surface area contributed by atoms with Crippen molar-refractivity contribution in [3.8, 4) is 6.01 Å². The lowest BCUT2D eigenvalue weighted by Crippen LogP contribution is -2.13. The molecule has 0 unspecified atom stereocenters. The van der Waals surface area contributed by atoms with Gasteiger partial charge in [-0.2, -0.15) is 0 Å². The van der Waals surface area contributed by atoms with Crippen LogP contribution in [0.15, 0.2) is 12.4 Å². The smallest absolute Gasteiger partial charge is 0.316 e. The first kappa shape index (κ1) is 15.5. The Morgan fingerprint density at radius 1 is 0.944 bits per heavy atom. The first-order chi connectivity index (χ1) is 8.83. The summed E-state index contributed by atoms with van der Waals surface area (Å²) in [6.07, 6.45) is 3.40. The van der Waals surface area contributed by atoms with Crippen LogP contribution in [0.3, 0.4) is 0 Å². The molecule has 1 rings (SSSR count). The molecule has 1 aromatic heterocycles. The molecule has 102 valence electrons. The Labute approximate surface area is 120 Å². The van der Waals surface area contributed by atoms with Gasteiger partial charge >= 0.3 is 6.01 Å². The van der Waals surface area contributed by atoms with Crippen LogP contribution in [0.4, 0.5) is 0 Å². The Balaban J connectivity index is 1.91. The van der Waals surface area contributed by atoms with E-state index in [-0.39, 0.29) is 0 Å². The van der Waals surface area contributed by atoms with Crippen molar-refractivity contribution in [2.45, 2.75) is 0 Å². The van der Waals surface area contributed by atoms with E-state index >= 15 is 0 Å². The van der Waals surface area contributed by atoms with Gasteiger partial charge in [0.15, 0.2) is 0 Å². The lowest BCUT2D eigenvalue weighted by atomic mass is 10.7. The van der Waals surface area contributed by atoms with Crippen molar-refractivity contribution in [1.82, 2.24) is 9.97 Å². The van der Waals surface area contributed by atoms with Crippen LogP contribution in [0.1, 0.15) is 0 Å². The van der Waals surface area contributed by atoms with Gasteiger partial charge in [-0.15, -0.1) is 0 Å². The maximum absolute atomic E-state index is 5.31. The van der Waals surface area contributed by atoms with Gasteiger partial charge in [0.1, 0.15) is 6.61 Å². The maximum Gasteiger partial charge on any atom is 0.316 e. The Morgan fingerprint density at radius 2 is 1.50 bits per heavy atom. The molecule has 0 N–H and O–H groups in total. The number of halogens is 1. The molecule has 1 heterocycles. The van der Waals surface area contributed by atoms with Gasteiger partial charge in [0, 0.05) is 23.1 Å². The molecule has 6 nitrogen and oxygen atoms in total. The standard InChI is InChI=1S/C11H17IN2O4/c1-15-2-3-16-4-5-17-6-7-18-11-13-8-10(12)9-14-11/h8-9H,2-7H2,1H3. The van der Waals surface area contributed by atoms with E-state index in [9.17, 15) is 0 Å². The molecule has 0 aliphatic heterocycles. The zero-order chi connectivity index (χ0) is 13.1. The molecule has 18 heavy (non-hydrogen) atoms. The normalized spacial score (nSPS) is 10.6. The van der Waals surface area contributed by atoms with Gasteiger partial charge in [-0.25, -0.2) is 9.97 Å². The quantitative estimate of drug-likeness (QED) is 0.456. The van der Waals surface area contributed by atoms with Crippen LogP contribution >= 0.6 is 22.6 Å². The molecular weight excluding hydrogens is 351 g/mol. The van der Waals surface area contributed by atoms with Crippen LogP contribution in [0.5, 0.6) is 6.01 Å². The number of hydrogen-bond donors (Lipinski definition) is 0. The predicted molar refractivity (Wildman–Crippen MR) is 73.8 cm³/mol. The molecule has 0 atom stereocenters. The molecule has 0 spiro atoms. The Kier molecular flexibility index (Phi) is 9.00. The second kappa shape index (κ2) is 10.4. The number of aromatic nitrogens is 2. The van der Waals surface area contributed by atoms with Gasteiger partial charge < -0.3 is 18.9 Å². The van der Waals surface area contributed by atoms with Crippen molar-refractivity contribution in [3.63, 3.8) is 0 Å². The van der Waals surface area contributed by atoms with Crippen molar-refractivity contribution < 1.29 is 18.9 Å². The Morgan fingerprint density at radius 3 is 2.11 bits per heavy atom. The summed E-state index contributed by atoms with van der Waals surface area (Å²) < 4.78 is 21.7. The third-order valence-electron chi connectivity index (χ3n) is 1.86. The van der Waals surface area contributed by atoms with Gasteiger partial charge in [0.2, 0.25) is 0 Å². The third-order valence-corrected chi connectivity index (χ3v) is 2.42. The molecule has 7 heteroatoms. The minimum Gasteiger partial charge on any atom is -0.461 e. The molecule has 1 aromatic rings. The Hall–Kier alpha value is -0.510. The van der Waals surface area contributed by atoms with Crippen LogP contribution in [-0.2, 0) is 14.2 Å². The van der Waals surface area contributed by atoms with E-state index in [1.54, 1.807) is 19.5 Å². The number of ether oxygens (including phenoxy) is 4. The van der Waals surface area contributed by atoms with Gasteiger partial charge in [0.05, 0.1) is 33.0 Å². The molecule has 0 aliphatic carbocycles. The highest BCUT2D eigenvalue weighted by atomic mass is 127. The van der Waals surface area contributed by atoms with E-state index in [1.165, 1.54) is 0 Å². The second-order valence-electron chi connectivity index (χ2n) is 3.25. The van der Waals surface area contributed by atoms with E-state index in [2.05, 4.69) is 32.6 Å². The largest absolute Gasteiger partial charge is 0.461 e. The number of rotatable bonds is 10. The van der Waals surface area contributed by atoms with Crippen LogP contribution in [0.2, 0.25) is 0 Å². The first-order valence-electron chi connectivity index (χ1n) is 5.57. The van der Waals surface area contributed by atoms with Crippen molar-refractivity contribution >= 4 is 22.6 Å². The van der Waals surface area contributed by atoms with Gasteiger partial charge in [0.25, 0.3) is 0 Å². The zero-order valence-electron chi connectivity index (χ0n) is 10.3. The highest BCUT2D eigenvalue weighted by Crippen LogP contribution is 2.04. The molecule has 0 saturated carbocycles. The lowest BCUT2D eigenvalue weighted by Gasteiger charge is -2.06. The van der Waals surface area contributed by atoms with E-state index in [1.807, 2.05) is 0 Å². The summed E-state index contributed by atoms with van der Waals surface area (Å²) in [5.74, 6) is 0. The van der Waals surface area contributed by atoms with Crippen molar-refractivity contribution in [2.24, 2.45) is 0 Å². The average Bonchev–Trinajstić information content (AvgIpc) is 2.39. The summed E-state index contributed by atoms with van der Waals surface area (Å²) in [4.78, 5) is 8.02. The second-order valence-corrected chi connectivity index (χ2v) is 4.50. The molecule has 0 aliphatic rings. The Bertz CT molecular complexity index is 310. The monoisotopic (exact) mass is 368 g/mol. The van der Waals surface area contributed by atoms with Crippen molar-refractivity contribution in [3.05, 3.63) is 16.0 Å². The summed E-state index contributed by atoms with van der Waals surface area (Å²) in [6.45, 7) is 3.21. The third kappa shape index (κ3) is 7.75. The first-order valence-corrected chi connectivity index (χ1v) is 6.65. The van der Waals surface area contributed by atoms with Crippen molar-refractivity contribution in [1.29, 1.82) is 0 Å². The highest BCUT2D eigenvalue weighted by molar-refractivity contribution is 14.1. The molecule has 0 saturated heterocycles. The van der Waals surface area contributed by atoms with E-state index in [0.717, 1.165) is 3.57 Å². The topological polar surface area (TPSA) is 62.7 Å². The number of nitrogens with zero attached hydrogens (tertiary/aromatic N) is 2. The average molecular weight is 368 g/mol. The predicted octanol–water partition coefficient (Wildman–Crippen LogP) is 1.14. The lowest BCUT2D eigenvalue weighted by molar-refractivity contribution is 0.0173. The van der Waals surface area contributed by atoms with Crippen LogP contribution in [-0.4, -0.2) is 56.7 Å². The fourth-order valence-corrected chi connectivity index (χ4v) is 1.31. The highest BCUT2D eigenvalue weighted by Gasteiger charge is 1.97. The van der Waals surface area contributed by atoms with Crippen molar-refractivity contribution in [2.75, 3.05) is 46.8 Å². The molecule has 0 fully saturated rings. The fourth-order valence-electron chi connectivity index (χ4n) is 1.03. The van der Waals surface area contributed by atoms with Crippen LogP contribution in [0.25, 0.3) is 0 Å². The molecule has 0 radical (unpaired) electrons. The molecule has 0 amide bonds. The van der Waals surface area contributed by atoms with Crippen LogP contribution in [0, 0.1) is 3.57 Å². The zero-order valence-corrected chi connectivity index (χ0v) is 12.5. The molecule has 0 aromatic carbocycles. The maximum atomic E-state index is 5.31. The summed E-state index contributed by atoms with van der Waals surface area (Å²) >= 11 is 2.14. The summed E-state index contributed by atoms with van der Waals surface area (Å²) in [6, 6.07) is 0.371. The van der Waals surface area contributed by atoms with Gasteiger partial charge in [-0.3, -0.25) is 0 Å². The minimum absolute atomic E-state index is 0.371. The SMILES string of the molecule is COCCOCCOCCOc1ncc(I)cn1. The van der Waals surface area contributed by atoms with E-state index in [0.29, 0.717) is 45.7 Å². The summed E-state index contributed by atoms with van der Waals surface area (Å²) in [5.41, 5.74) is 0. The molecule has 0 bridgehead atoms. The number of hydrogen-bond acceptors (Lipinski definition) is 6. The van der Waals surface area contributed by atoms with E-state index in [4.69, 9.17) is 18.9 Å². The van der Waals surface area contributed by atoms with E-state index < -0.39 is 0 Å². The minimum atomic E-state index is 0.371. The fraction of sp³-hybridized carbons (Fsp3) is 0.636. The summed E-state index contributed by atoms with van der Waals surface area (Å²) in [5, 5.41) is 0.